The number of benzene rings is 2. The Morgan fingerprint density at radius 2 is 1.63 bits per heavy atom. The summed E-state index contributed by atoms with van der Waals surface area (Å²) in [5.41, 5.74) is 1.30. The number of fused-ring (bicyclic) bond motifs is 1. The van der Waals surface area contributed by atoms with Gasteiger partial charge in [-0.1, -0.05) is 65.5 Å². The van der Waals surface area contributed by atoms with Gasteiger partial charge in [-0.15, -0.1) is 11.6 Å². The second-order valence-electron chi connectivity index (χ2n) is 5.48. The summed E-state index contributed by atoms with van der Waals surface area (Å²) in [7, 11) is 0. The predicted molar refractivity (Wildman–Crippen MR) is 86.8 cm³/mol. The predicted octanol–water partition coefficient (Wildman–Crippen LogP) is 6.46. The molecule has 0 nitrogen and oxygen atoms in total. The van der Waals surface area contributed by atoms with Crippen LogP contribution >= 0.6 is 27.5 Å². The summed E-state index contributed by atoms with van der Waals surface area (Å²) < 4.78 is 1.15. The SMILES string of the molecule is ClC(c1ccc(Br)c2ccccc12)C1CCCCC1. The van der Waals surface area contributed by atoms with Gasteiger partial charge >= 0.3 is 0 Å². The van der Waals surface area contributed by atoms with Gasteiger partial charge < -0.3 is 0 Å². The molecular formula is C17H18BrCl. The lowest BCUT2D eigenvalue weighted by atomic mass is 9.83. The maximum atomic E-state index is 6.80. The van der Waals surface area contributed by atoms with Gasteiger partial charge in [0.2, 0.25) is 0 Å². The summed E-state index contributed by atoms with van der Waals surface area (Å²) in [5.74, 6) is 0.639. The van der Waals surface area contributed by atoms with E-state index in [1.54, 1.807) is 0 Å². The van der Waals surface area contributed by atoms with E-state index in [-0.39, 0.29) is 5.38 Å². The van der Waals surface area contributed by atoms with E-state index in [0.717, 1.165) is 4.47 Å². The van der Waals surface area contributed by atoms with Crippen LogP contribution in [-0.2, 0) is 0 Å². The lowest BCUT2D eigenvalue weighted by Crippen LogP contribution is -2.12. The Balaban J connectivity index is 2.02. The average Bonchev–Trinajstić information content (AvgIpc) is 2.48. The van der Waals surface area contributed by atoms with Crippen molar-refractivity contribution in [3.63, 3.8) is 0 Å². The highest BCUT2D eigenvalue weighted by Crippen LogP contribution is 2.42. The molecule has 0 spiro atoms. The molecule has 0 amide bonds. The molecule has 1 unspecified atom stereocenters. The van der Waals surface area contributed by atoms with E-state index in [9.17, 15) is 0 Å². The largest absolute Gasteiger partial charge is 0.117 e. The molecule has 100 valence electrons. The molecule has 0 aliphatic heterocycles. The first kappa shape index (κ1) is 13.5. The third-order valence-corrected chi connectivity index (χ3v) is 5.55. The van der Waals surface area contributed by atoms with Gasteiger partial charge in [-0.3, -0.25) is 0 Å². The van der Waals surface area contributed by atoms with Crippen molar-refractivity contribution in [2.24, 2.45) is 5.92 Å². The van der Waals surface area contributed by atoms with E-state index in [1.807, 2.05) is 0 Å². The Kier molecular flexibility index (Phi) is 4.14. The van der Waals surface area contributed by atoms with Crippen molar-refractivity contribution in [3.8, 4) is 0 Å². The molecule has 2 heteroatoms. The molecule has 19 heavy (non-hydrogen) atoms. The Hall–Kier alpha value is -0.530. The monoisotopic (exact) mass is 336 g/mol. The van der Waals surface area contributed by atoms with E-state index < -0.39 is 0 Å². The summed E-state index contributed by atoms with van der Waals surface area (Å²) in [6.45, 7) is 0. The van der Waals surface area contributed by atoms with E-state index in [1.165, 1.54) is 48.4 Å². The van der Waals surface area contributed by atoms with Crippen molar-refractivity contribution in [3.05, 3.63) is 46.4 Å². The van der Waals surface area contributed by atoms with Crippen LogP contribution in [0.2, 0.25) is 0 Å². The Bertz CT molecular complexity index is 572. The van der Waals surface area contributed by atoms with Crippen molar-refractivity contribution in [1.82, 2.24) is 0 Å². The van der Waals surface area contributed by atoms with Gasteiger partial charge in [0.05, 0.1) is 5.38 Å². The lowest BCUT2D eigenvalue weighted by molar-refractivity contribution is 0.349. The molecule has 1 aliphatic carbocycles. The van der Waals surface area contributed by atoms with Crippen LogP contribution < -0.4 is 0 Å². The molecular weight excluding hydrogens is 320 g/mol. The first-order chi connectivity index (χ1) is 9.27. The van der Waals surface area contributed by atoms with Crippen LogP contribution in [0.5, 0.6) is 0 Å². The fourth-order valence-corrected chi connectivity index (χ4v) is 4.13. The molecule has 1 saturated carbocycles. The third kappa shape index (κ3) is 2.68. The summed E-state index contributed by atoms with van der Waals surface area (Å²) in [5, 5.41) is 2.71. The maximum Gasteiger partial charge on any atom is 0.0619 e. The van der Waals surface area contributed by atoms with Crippen LogP contribution in [0.1, 0.15) is 43.0 Å². The summed E-state index contributed by atoms with van der Waals surface area (Å²) in [4.78, 5) is 0. The van der Waals surface area contributed by atoms with Gasteiger partial charge in [-0.05, 0) is 41.2 Å². The minimum absolute atomic E-state index is 0.151. The smallest absolute Gasteiger partial charge is 0.0619 e. The maximum absolute atomic E-state index is 6.80. The normalized spacial score (nSPS) is 18.6. The minimum Gasteiger partial charge on any atom is -0.117 e. The molecule has 1 aliphatic rings. The second kappa shape index (κ2) is 5.85. The van der Waals surface area contributed by atoms with Gasteiger partial charge in [0.1, 0.15) is 0 Å². The van der Waals surface area contributed by atoms with Crippen molar-refractivity contribution in [1.29, 1.82) is 0 Å². The van der Waals surface area contributed by atoms with Crippen LogP contribution in [0.15, 0.2) is 40.9 Å². The van der Waals surface area contributed by atoms with Gasteiger partial charge in [0, 0.05) is 4.47 Å². The minimum atomic E-state index is 0.151. The number of halogens is 2. The number of alkyl halides is 1. The number of hydrogen-bond donors (Lipinski definition) is 0. The van der Waals surface area contributed by atoms with Crippen molar-refractivity contribution < 1.29 is 0 Å². The average molecular weight is 338 g/mol. The molecule has 0 radical (unpaired) electrons. The van der Waals surface area contributed by atoms with Crippen LogP contribution in [0.4, 0.5) is 0 Å². The highest BCUT2D eigenvalue weighted by Gasteiger charge is 2.24. The van der Waals surface area contributed by atoms with Gasteiger partial charge in [-0.2, -0.15) is 0 Å². The second-order valence-corrected chi connectivity index (χ2v) is 6.81. The summed E-state index contributed by atoms with van der Waals surface area (Å²) in [6, 6.07) is 12.9. The fraction of sp³-hybridized carbons (Fsp3) is 0.412. The zero-order chi connectivity index (χ0) is 13.2. The van der Waals surface area contributed by atoms with E-state index >= 15 is 0 Å². The van der Waals surface area contributed by atoms with Gasteiger partial charge in [0.15, 0.2) is 0 Å². The zero-order valence-corrected chi connectivity index (χ0v) is 13.3. The molecule has 2 aromatic rings. The van der Waals surface area contributed by atoms with Crippen LogP contribution in [-0.4, -0.2) is 0 Å². The molecule has 2 aromatic carbocycles. The van der Waals surface area contributed by atoms with Crippen molar-refractivity contribution in [2.45, 2.75) is 37.5 Å². The Labute approximate surface area is 128 Å². The van der Waals surface area contributed by atoms with Gasteiger partial charge in [-0.25, -0.2) is 0 Å². The van der Waals surface area contributed by atoms with Crippen molar-refractivity contribution >= 4 is 38.3 Å². The number of hydrogen-bond acceptors (Lipinski definition) is 0. The number of rotatable bonds is 2. The third-order valence-electron chi connectivity index (χ3n) is 4.27. The Morgan fingerprint density at radius 3 is 2.37 bits per heavy atom. The summed E-state index contributed by atoms with van der Waals surface area (Å²) in [6.07, 6.45) is 6.60. The van der Waals surface area contributed by atoms with Crippen LogP contribution in [0.25, 0.3) is 10.8 Å². The first-order valence-corrected chi connectivity index (χ1v) is 8.31. The van der Waals surface area contributed by atoms with E-state index in [4.69, 9.17) is 11.6 Å². The quantitative estimate of drug-likeness (QED) is 0.551. The van der Waals surface area contributed by atoms with Gasteiger partial charge in [0.25, 0.3) is 0 Å². The topological polar surface area (TPSA) is 0 Å². The summed E-state index contributed by atoms with van der Waals surface area (Å²) >= 11 is 10.4. The molecule has 1 fully saturated rings. The zero-order valence-electron chi connectivity index (χ0n) is 10.9. The molecule has 0 bridgehead atoms. The van der Waals surface area contributed by atoms with E-state index in [0.29, 0.717) is 5.92 Å². The van der Waals surface area contributed by atoms with Crippen molar-refractivity contribution in [2.75, 3.05) is 0 Å². The molecule has 0 aromatic heterocycles. The fourth-order valence-electron chi connectivity index (χ4n) is 3.21. The molecule has 3 rings (SSSR count). The molecule has 0 saturated heterocycles. The Morgan fingerprint density at radius 1 is 0.947 bits per heavy atom. The standard InChI is InChI=1S/C17H18BrCl/c18-16-11-10-15(13-8-4-5-9-14(13)16)17(19)12-6-2-1-3-7-12/h4-5,8-12,17H,1-3,6-7H2. The highest BCUT2D eigenvalue weighted by molar-refractivity contribution is 9.10. The van der Waals surface area contributed by atoms with Crippen LogP contribution in [0.3, 0.4) is 0 Å². The molecule has 1 atom stereocenters. The lowest BCUT2D eigenvalue weighted by Gasteiger charge is -2.27. The molecule has 0 heterocycles. The molecule has 0 N–H and O–H groups in total. The van der Waals surface area contributed by atoms with E-state index in [2.05, 4.69) is 52.3 Å². The highest BCUT2D eigenvalue weighted by atomic mass is 79.9. The van der Waals surface area contributed by atoms with Crippen LogP contribution in [0, 0.1) is 5.92 Å². The first-order valence-electron chi connectivity index (χ1n) is 7.08.